The minimum atomic E-state index is -0.211. The highest BCUT2D eigenvalue weighted by molar-refractivity contribution is 7.07. The van der Waals surface area contributed by atoms with Crippen LogP contribution >= 0.6 is 11.5 Å². The van der Waals surface area contributed by atoms with Crippen molar-refractivity contribution in [2.75, 3.05) is 19.7 Å². The third-order valence-corrected chi connectivity index (χ3v) is 3.55. The number of ether oxygens (including phenoxy) is 1. The van der Waals surface area contributed by atoms with Gasteiger partial charge in [-0.15, -0.1) is 5.10 Å². The molecule has 7 heteroatoms. The standard InChI is InChI=1S/C11H15N3O3S/c1-2-17-11(16)8-4-3-5-14(7-8)10(15)9-6-12-13-18-9/h6,8H,2-5,7H2,1H3/t8-/m0/s1. The van der Waals surface area contributed by atoms with Crippen molar-refractivity contribution in [3.05, 3.63) is 11.1 Å². The van der Waals surface area contributed by atoms with E-state index in [4.69, 9.17) is 4.74 Å². The molecule has 2 rings (SSSR count). The molecule has 1 aromatic heterocycles. The van der Waals surface area contributed by atoms with Gasteiger partial charge >= 0.3 is 5.97 Å². The lowest BCUT2D eigenvalue weighted by Crippen LogP contribution is -2.42. The molecular weight excluding hydrogens is 254 g/mol. The first-order chi connectivity index (χ1) is 8.72. The Balaban J connectivity index is 1.98. The summed E-state index contributed by atoms with van der Waals surface area (Å²) in [5, 5.41) is 3.65. The van der Waals surface area contributed by atoms with Crippen LogP contribution in [-0.4, -0.2) is 46.1 Å². The molecule has 0 radical (unpaired) electrons. The van der Waals surface area contributed by atoms with Crippen molar-refractivity contribution in [3.63, 3.8) is 0 Å². The van der Waals surface area contributed by atoms with E-state index < -0.39 is 0 Å². The van der Waals surface area contributed by atoms with E-state index in [1.807, 2.05) is 0 Å². The molecule has 2 heterocycles. The van der Waals surface area contributed by atoms with E-state index in [2.05, 4.69) is 9.59 Å². The Morgan fingerprint density at radius 3 is 3.11 bits per heavy atom. The SMILES string of the molecule is CCOC(=O)[C@H]1CCCN(C(=O)c2cnns2)C1. The van der Waals surface area contributed by atoms with Gasteiger partial charge in [-0.3, -0.25) is 9.59 Å². The van der Waals surface area contributed by atoms with Crippen LogP contribution in [0.3, 0.4) is 0 Å². The smallest absolute Gasteiger partial charge is 0.310 e. The van der Waals surface area contributed by atoms with E-state index >= 15 is 0 Å². The third-order valence-electron chi connectivity index (χ3n) is 2.90. The quantitative estimate of drug-likeness (QED) is 0.764. The number of hydrogen-bond donors (Lipinski definition) is 0. The molecule has 1 aromatic rings. The van der Waals surface area contributed by atoms with Crippen LogP contribution in [0.5, 0.6) is 0 Å². The second-order valence-corrected chi connectivity index (χ2v) is 4.91. The molecule has 0 bridgehead atoms. The fourth-order valence-corrected chi connectivity index (χ4v) is 2.52. The van der Waals surface area contributed by atoms with Crippen LogP contribution in [-0.2, 0) is 9.53 Å². The minimum absolute atomic E-state index is 0.0981. The highest BCUT2D eigenvalue weighted by atomic mass is 32.1. The van der Waals surface area contributed by atoms with Gasteiger partial charge in [-0.05, 0) is 31.3 Å². The van der Waals surface area contributed by atoms with Gasteiger partial charge in [0.15, 0.2) is 0 Å². The van der Waals surface area contributed by atoms with Crippen molar-refractivity contribution in [3.8, 4) is 0 Å². The number of aromatic nitrogens is 2. The lowest BCUT2D eigenvalue weighted by molar-refractivity contribution is -0.149. The molecule has 98 valence electrons. The zero-order valence-corrected chi connectivity index (χ0v) is 11.0. The Kier molecular flexibility index (Phi) is 4.24. The minimum Gasteiger partial charge on any atom is -0.466 e. The summed E-state index contributed by atoms with van der Waals surface area (Å²) in [5.74, 6) is -0.514. The topological polar surface area (TPSA) is 72.4 Å². The molecule has 0 saturated carbocycles. The number of hydrogen-bond acceptors (Lipinski definition) is 6. The number of likely N-dealkylation sites (tertiary alicyclic amines) is 1. The molecule has 0 spiro atoms. The number of amides is 1. The highest BCUT2D eigenvalue weighted by Gasteiger charge is 2.30. The fourth-order valence-electron chi connectivity index (χ4n) is 2.03. The van der Waals surface area contributed by atoms with E-state index in [1.54, 1.807) is 11.8 Å². The number of nitrogens with zero attached hydrogens (tertiary/aromatic N) is 3. The van der Waals surface area contributed by atoms with E-state index in [9.17, 15) is 9.59 Å². The van der Waals surface area contributed by atoms with Crippen LogP contribution in [0.2, 0.25) is 0 Å². The Bertz CT molecular complexity index is 421. The van der Waals surface area contributed by atoms with Crippen LogP contribution in [0, 0.1) is 5.92 Å². The van der Waals surface area contributed by atoms with Gasteiger partial charge in [0.2, 0.25) is 0 Å². The monoisotopic (exact) mass is 269 g/mol. The summed E-state index contributed by atoms with van der Waals surface area (Å²) >= 11 is 1.08. The molecule has 18 heavy (non-hydrogen) atoms. The van der Waals surface area contributed by atoms with E-state index in [0.717, 1.165) is 24.4 Å². The molecular formula is C11H15N3O3S. The predicted octanol–water partition coefficient (Wildman–Crippen LogP) is 0.953. The maximum atomic E-state index is 12.1. The van der Waals surface area contributed by atoms with E-state index in [0.29, 0.717) is 24.6 Å². The molecule has 0 aliphatic carbocycles. The summed E-state index contributed by atoms with van der Waals surface area (Å²) in [6.07, 6.45) is 3.06. The van der Waals surface area contributed by atoms with Gasteiger partial charge in [0, 0.05) is 13.1 Å². The van der Waals surface area contributed by atoms with Crippen LogP contribution in [0.15, 0.2) is 6.20 Å². The van der Waals surface area contributed by atoms with Gasteiger partial charge in [0.05, 0.1) is 18.7 Å². The van der Waals surface area contributed by atoms with E-state index in [-0.39, 0.29) is 17.8 Å². The normalized spacial score (nSPS) is 19.6. The zero-order chi connectivity index (χ0) is 13.0. The lowest BCUT2D eigenvalue weighted by atomic mass is 9.98. The molecule has 0 unspecified atom stereocenters. The van der Waals surface area contributed by atoms with Gasteiger partial charge in [-0.2, -0.15) is 0 Å². The largest absolute Gasteiger partial charge is 0.466 e. The van der Waals surface area contributed by atoms with Gasteiger partial charge in [-0.25, -0.2) is 0 Å². The van der Waals surface area contributed by atoms with Gasteiger partial charge in [-0.1, -0.05) is 4.49 Å². The molecule has 6 nitrogen and oxygen atoms in total. The second kappa shape index (κ2) is 5.90. The molecule has 0 aromatic carbocycles. The maximum absolute atomic E-state index is 12.1. The first-order valence-electron chi connectivity index (χ1n) is 5.95. The van der Waals surface area contributed by atoms with Crippen LogP contribution in [0.25, 0.3) is 0 Å². The van der Waals surface area contributed by atoms with Crippen molar-refractivity contribution in [2.45, 2.75) is 19.8 Å². The number of esters is 1. The first-order valence-corrected chi connectivity index (χ1v) is 6.73. The van der Waals surface area contributed by atoms with Crippen molar-refractivity contribution in [1.29, 1.82) is 0 Å². The highest BCUT2D eigenvalue weighted by Crippen LogP contribution is 2.20. The average Bonchev–Trinajstić information content (AvgIpc) is 2.92. The molecule has 1 aliphatic heterocycles. The summed E-state index contributed by atoms with van der Waals surface area (Å²) in [7, 11) is 0. The summed E-state index contributed by atoms with van der Waals surface area (Å²) < 4.78 is 8.68. The van der Waals surface area contributed by atoms with Crippen LogP contribution in [0.4, 0.5) is 0 Å². The Morgan fingerprint density at radius 2 is 2.44 bits per heavy atom. The second-order valence-electron chi connectivity index (χ2n) is 4.12. The lowest BCUT2D eigenvalue weighted by Gasteiger charge is -2.31. The van der Waals surface area contributed by atoms with Gasteiger partial charge in [0.25, 0.3) is 5.91 Å². The fraction of sp³-hybridized carbons (Fsp3) is 0.636. The summed E-state index contributed by atoms with van der Waals surface area (Å²) in [5.41, 5.74) is 0. The average molecular weight is 269 g/mol. The van der Waals surface area contributed by atoms with Crippen molar-refractivity contribution < 1.29 is 14.3 Å². The molecule has 1 amide bonds. The van der Waals surface area contributed by atoms with E-state index in [1.165, 1.54) is 6.20 Å². The number of piperidine rings is 1. The Labute approximate surface area is 109 Å². The number of carbonyl (C=O) groups excluding carboxylic acids is 2. The summed E-state index contributed by atoms with van der Waals surface area (Å²) in [4.78, 5) is 26.0. The molecule has 1 atom stereocenters. The Morgan fingerprint density at radius 1 is 1.61 bits per heavy atom. The first kappa shape index (κ1) is 12.9. The van der Waals surface area contributed by atoms with Crippen molar-refractivity contribution in [1.82, 2.24) is 14.5 Å². The Hall–Kier alpha value is -1.50. The predicted molar refractivity (Wildman–Crippen MR) is 65.2 cm³/mol. The molecule has 0 N–H and O–H groups in total. The van der Waals surface area contributed by atoms with Crippen LogP contribution < -0.4 is 0 Å². The number of carbonyl (C=O) groups is 2. The number of rotatable bonds is 3. The van der Waals surface area contributed by atoms with Crippen molar-refractivity contribution in [2.24, 2.45) is 5.92 Å². The zero-order valence-electron chi connectivity index (χ0n) is 10.2. The van der Waals surface area contributed by atoms with Gasteiger partial charge in [0.1, 0.15) is 4.88 Å². The summed E-state index contributed by atoms with van der Waals surface area (Å²) in [6.45, 7) is 3.26. The molecule has 1 saturated heterocycles. The molecule has 1 fully saturated rings. The van der Waals surface area contributed by atoms with Crippen LogP contribution in [0.1, 0.15) is 29.4 Å². The maximum Gasteiger partial charge on any atom is 0.310 e. The van der Waals surface area contributed by atoms with Gasteiger partial charge < -0.3 is 9.64 Å². The summed E-state index contributed by atoms with van der Waals surface area (Å²) in [6, 6.07) is 0. The molecule has 1 aliphatic rings. The third kappa shape index (κ3) is 2.84. The van der Waals surface area contributed by atoms with Crippen molar-refractivity contribution >= 4 is 23.4 Å².